The van der Waals surface area contributed by atoms with E-state index in [2.05, 4.69) is 15.3 Å². The van der Waals surface area contributed by atoms with Crippen LogP contribution in [0.1, 0.15) is 61.5 Å². The minimum absolute atomic E-state index is 0.0235. The lowest BCUT2D eigenvalue weighted by Crippen LogP contribution is -2.34. The van der Waals surface area contributed by atoms with Crippen molar-refractivity contribution in [3.8, 4) is 0 Å². The zero-order valence-electron chi connectivity index (χ0n) is 15.2. The molecule has 2 aromatic rings. The molecule has 1 saturated carbocycles. The second-order valence-electron chi connectivity index (χ2n) is 7.00. The number of nitrogens with zero attached hydrogens (tertiary/aromatic N) is 2. The SMILES string of the molecule is CCCn1c(=O)[nH]c(=O)c2c(C(=O)NCCC(C)N)cc(C3CC3)nc21. The van der Waals surface area contributed by atoms with Gasteiger partial charge >= 0.3 is 5.69 Å². The van der Waals surface area contributed by atoms with Gasteiger partial charge in [-0.1, -0.05) is 6.92 Å². The summed E-state index contributed by atoms with van der Waals surface area (Å²) in [6.07, 6.45) is 3.37. The Morgan fingerprint density at radius 1 is 1.46 bits per heavy atom. The summed E-state index contributed by atoms with van der Waals surface area (Å²) >= 11 is 0. The van der Waals surface area contributed by atoms with Crippen LogP contribution in [0.25, 0.3) is 11.0 Å². The Labute approximate surface area is 150 Å². The molecule has 8 nitrogen and oxygen atoms in total. The molecule has 8 heteroatoms. The molecule has 26 heavy (non-hydrogen) atoms. The number of nitrogens with one attached hydrogen (secondary N) is 2. The summed E-state index contributed by atoms with van der Waals surface area (Å²) in [7, 11) is 0. The molecule has 4 N–H and O–H groups in total. The van der Waals surface area contributed by atoms with Crippen molar-refractivity contribution in [2.24, 2.45) is 5.73 Å². The topological polar surface area (TPSA) is 123 Å². The van der Waals surface area contributed by atoms with Crippen LogP contribution in [0.2, 0.25) is 0 Å². The molecule has 1 unspecified atom stereocenters. The summed E-state index contributed by atoms with van der Waals surface area (Å²) in [6.45, 7) is 4.66. The van der Waals surface area contributed by atoms with Gasteiger partial charge in [-0.15, -0.1) is 0 Å². The second-order valence-corrected chi connectivity index (χ2v) is 7.00. The predicted molar refractivity (Wildman–Crippen MR) is 99.5 cm³/mol. The third-order valence-electron chi connectivity index (χ3n) is 4.54. The molecular weight excluding hydrogens is 334 g/mol. The maximum Gasteiger partial charge on any atom is 0.329 e. The molecular formula is C18H25N5O3. The van der Waals surface area contributed by atoms with Crippen LogP contribution in [0.5, 0.6) is 0 Å². The van der Waals surface area contributed by atoms with Gasteiger partial charge < -0.3 is 11.1 Å². The number of carbonyl (C=O) groups is 1. The molecule has 1 aliphatic rings. The third kappa shape index (κ3) is 3.70. The van der Waals surface area contributed by atoms with Gasteiger partial charge in [-0.25, -0.2) is 9.78 Å². The van der Waals surface area contributed by atoms with E-state index in [1.807, 2.05) is 13.8 Å². The van der Waals surface area contributed by atoms with E-state index in [9.17, 15) is 14.4 Å². The van der Waals surface area contributed by atoms with E-state index in [0.717, 1.165) is 18.5 Å². The van der Waals surface area contributed by atoms with Crippen molar-refractivity contribution >= 4 is 16.9 Å². The van der Waals surface area contributed by atoms with Gasteiger partial charge in [-0.05, 0) is 38.7 Å². The van der Waals surface area contributed by atoms with Crippen LogP contribution in [0.4, 0.5) is 0 Å². The molecule has 0 spiro atoms. The van der Waals surface area contributed by atoms with Gasteiger partial charge in [0.2, 0.25) is 0 Å². The summed E-state index contributed by atoms with van der Waals surface area (Å²) in [4.78, 5) is 44.3. The number of hydrogen-bond acceptors (Lipinski definition) is 5. The van der Waals surface area contributed by atoms with Gasteiger partial charge in [0.25, 0.3) is 11.5 Å². The number of hydrogen-bond donors (Lipinski definition) is 3. The molecule has 0 aromatic carbocycles. The first-order valence-corrected chi connectivity index (χ1v) is 9.14. The highest BCUT2D eigenvalue weighted by Crippen LogP contribution is 2.39. The van der Waals surface area contributed by atoms with Crippen molar-refractivity contribution in [3.63, 3.8) is 0 Å². The van der Waals surface area contributed by atoms with Crippen LogP contribution in [-0.2, 0) is 6.54 Å². The standard InChI is InChI=1S/C18H25N5O3/c1-3-8-23-15-14(17(25)22-18(23)26)12(9-13(21-15)11-4-5-11)16(24)20-7-6-10(2)19/h9-11H,3-8,19H2,1-2H3,(H,20,24)(H,22,25,26). The van der Waals surface area contributed by atoms with E-state index in [0.29, 0.717) is 37.5 Å². The van der Waals surface area contributed by atoms with Gasteiger partial charge in [0.15, 0.2) is 5.65 Å². The van der Waals surface area contributed by atoms with Crippen LogP contribution in [0.3, 0.4) is 0 Å². The minimum Gasteiger partial charge on any atom is -0.352 e. The number of carbonyl (C=O) groups excluding carboxylic acids is 1. The van der Waals surface area contributed by atoms with E-state index in [-0.39, 0.29) is 22.9 Å². The van der Waals surface area contributed by atoms with E-state index >= 15 is 0 Å². The lowest BCUT2D eigenvalue weighted by atomic mass is 10.1. The fourth-order valence-electron chi connectivity index (χ4n) is 3.00. The molecule has 2 aromatic heterocycles. The lowest BCUT2D eigenvalue weighted by molar-refractivity contribution is 0.0954. The molecule has 1 aliphatic carbocycles. The van der Waals surface area contributed by atoms with Gasteiger partial charge in [0.05, 0.1) is 10.9 Å². The van der Waals surface area contributed by atoms with Crippen molar-refractivity contribution in [2.75, 3.05) is 6.54 Å². The average Bonchev–Trinajstić information content (AvgIpc) is 3.42. The zero-order chi connectivity index (χ0) is 18.8. The molecule has 0 bridgehead atoms. The first-order chi connectivity index (χ1) is 12.4. The molecule has 3 rings (SSSR count). The number of aromatic amines is 1. The number of aromatic nitrogens is 3. The zero-order valence-corrected chi connectivity index (χ0v) is 15.2. The monoisotopic (exact) mass is 359 g/mol. The Balaban J connectivity index is 2.14. The number of aryl methyl sites for hydroxylation is 1. The van der Waals surface area contributed by atoms with Crippen LogP contribution in [0.15, 0.2) is 15.7 Å². The summed E-state index contributed by atoms with van der Waals surface area (Å²) in [5.41, 5.74) is 5.98. The molecule has 1 fully saturated rings. The van der Waals surface area contributed by atoms with E-state index in [1.54, 1.807) is 6.07 Å². The van der Waals surface area contributed by atoms with Gasteiger partial charge in [0.1, 0.15) is 0 Å². The number of H-pyrrole nitrogens is 1. The maximum absolute atomic E-state index is 12.7. The lowest BCUT2D eigenvalue weighted by Gasteiger charge is -2.13. The normalized spacial score (nSPS) is 15.2. The average molecular weight is 359 g/mol. The van der Waals surface area contributed by atoms with Gasteiger partial charge in [-0.3, -0.25) is 19.1 Å². The number of pyridine rings is 1. The van der Waals surface area contributed by atoms with Crippen molar-refractivity contribution in [1.29, 1.82) is 0 Å². The van der Waals surface area contributed by atoms with E-state index in [4.69, 9.17) is 5.73 Å². The molecule has 0 radical (unpaired) electrons. The van der Waals surface area contributed by atoms with Crippen molar-refractivity contribution in [3.05, 3.63) is 38.2 Å². The molecule has 0 saturated heterocycles. The fraction of sp³-hybridized carbons (Fsp3) is 0.556. The number of fused-ring (bicyclic) bond motifs is 1. The molecule has 0 aliphatic heterocycles. The highest BCUT2D eigenvalue weighted by molar-refractivity contribution is 6.05. The summed E-state index contributed by atoms with van der Waals surface area (Å²) in [6, 6.07) is 1.67. The van der Waals surface area contributed by atoms with Crippen LogP contribution < -0.4 is 22.3 Å². The number of rotatable bonds is 7. The number of amides is 1. The Bertz CT molecular complexity index is 940. The van der Waals surface area contributed by atoms with Crippen molar-refractivity contribution in [2.45, 2.75) is 58.0 Å². The quantitative estimate of drug-likeness (QED) is 0.676. The first kappa shape index (κ1) is 18.3. The predicted octanol–water partition coefficient (Wildman–Crippen LogP) is 0.839. The van der Waals surface area contributed by atoms with Gasteiger partial charge in [0, 0.05) is 30.7 Å². The highest BCUT2D eigenvalue weighted by atomic mass is 16.2. The Morgan fingerprint density at radius 3 is 2.81 bits per heavy atom. The van der Waals surface area contributed by atoms with Crippen molar-refractivity contribution < 1.29 is 4.79 Å². The van der Waals surface area contributed by atoms with E-state index < -0.39 is 11.2 Å². The largest absolute Gasteiger partial charge is 0.352 e. The summed E-state index contributed by atoms with van der Waals surface area (Å²) in [5.74, 6) is -0.0494. The molecule has 2 heterocycles. The first-order valence-electron chi connectivity index (χ1n) is 9.14. The number of nitrogens with two attached hydrogens (primary N) is 1. The van der Waals surface area contributed by atoms with Crippen molar-refractivity contribution in [1.82, 2.24) is 19.9 Å². The van der Waals surface area contributed by atoms with Crippen LogP contribution in [0, 0.1) is 0 Å². The molecule has 140 valence electrons. The molecule has 1 amide bonds. The fourth-order valence-corrected chi connectivity index (χ4v) is 3.00. The summed E-state index contributed by atoms with van der Waals surface area (Å²) < 4.78 is 1.45. The van der Waals surface area contributed by atoms with Crippen LogP contribution in [-0.4, -0.2) is 33.0 Å². The minimum atomic E-state index is -0.579. The Morgan fingerprint density at radius 2 is 2.19 bits per heavy atom. The third-order valence-corrected chi connectivity index (χ3v) is 4.54. The highest BCUT2D eigenvalue weighted by Gasteiger charge is 2.28. The Hall–Kier alpha value is -2.48. The van der Waals surface area contributed by atoms with Crippen LogP contribution >= 0.6 is 0 Å². The smallest absolute Gasteiger partial charge is 0.329 e. The van der Waals surface area contributed by atoms with E-state index in [1.165, 1.54) is 4.57 Å². The second kappa shape index (κ2) is 7.41. The maximum atomic E-state index is 12.7. The van der Waals surface area contributed by atoms with Gasteiger partial charge in [-0.2, -0.15) is 0 Å². The molecule has 1 atom stereocenters. The Kier molecular flexibility index (Phi) is 5.22. The summed E-state index contributed by atoms with van der Waals surface area (Å²) in [5, 5.41) is 2.98.